The Morgan fingerprint density at radius 3 is 2.70 bits per heavy atom. The molecule has 0 saturated heterocycles. The second kappa shape index (κ2) is 11.2. The van der Waals surface area contributed by atoms with Gasteiger partial charge in [-0.2, -0.15) is 0 Å². The minimum atomic E-state index is -0.107. The molecule has 1 aliphatic rings. The van der Waals surface area contributed by atoms with Gasteiger partial charge in [0.25, 0.3) is 5.56 Å². The molecular formula is C29H31ClN2O4S. The molecule has 0 bridgehead atoms. The molecule has 6 nitrogen and oxygen atoms in total. The number of hydrogen-bond donors (Lipinski definition) is 1. The van der Waals surface area contributed by atoms with Crippen molar-refractivity contribution in [1.82, 2.24) is 9.97 Å². The number of aromatic nitrogens is 2. The predicted molar refractivity (Wildman–Crippen MR) is 150 cm³/mol. The number of nitrogens with zero attached hydrogens (tertiary/aromatic N) is 1. The number of para-hydroxylation sites is 1. The van der Waals surface area contributed by atoms with Gasteiger partial charge in [0.05, 0.1) is 17.5 Å². The Labute approximate surface area is 225 Å². The van der Waals surface area contributed by atoms with Crippen molar-refractivity contribution >= 4 is 33.2 Å². The first kappa shape index (κ1) is 25.6. The fraction of sp³-hybridized carbons (Fsp3) is 0.379. The van der Waals surface area contributed by atoms with Crippen LogP contribution >= 0.6 is 22.9 Å². The fourth-order valence-corrected chi connectivity index (χ4v) is 6.36. The van der Waals surface area contributed by atoms with Gasteiger partial charge in [0.1, 0.15) is 29.6 Å². The van der Waals surface area contributed by atoms with Gasteiger partial charge in [-0.1, -0.05) is 43.6 Å². The number of aromatic amines is 1. The van der Waals surface area contributed by atoms with Gasteiger partial charge in [0.15, 0.2) is 11.5 Å². The number of benzene rings is 2. The summed E-state index contributed by atoms with van der Waals surface area (Å²) in [7, 11) is 1.56. The molecule has 1 N–H and O–H groups in total. The number of halogens is 1. The molecule has 5 rings (SSSR count). The van der Waals surface area contributed by atoms with E-state index in [4.69, 9.17) is 30.8 Å². The molecule has 4 aromatic rings. The van der Waals surface area contributed by atoms with Gasteiger partial charge >= 0.3 is 0 Å². The van der Waals surface area contributed by atoms with E-state index in [0.717, 1.165) is 48.1 Å². The van der Waals surface area contributed by atoms with Crippen molar-refractivity contribution in [2.24, 2.45) is 0 Å². The van der Waals surface area contributed by atoms with Crippen LogP contribution in [0.5, 0.6) is 17.2 Å². The van der Waals surface area contributed by atoms with Gasteiger partial charge in [-0.15, -0.1) is 11.3 Å². The first-order valence-corrected chi connectivity index (χ1v) is 14.0. The van der Waals surface area contributed by atoms with E-state index in [2.05, 4.69) is 24.9 Å². The largest absolute Gasteiger partial charge is 0.493 e. The van der Waals surface area contributed by atoms with Crippen molar-refractivity contribution in [3.8, 4) is 28.6 Å². The number of thiophene rings is 1. The van der Waals surface area contributed by atoms with Crippen LogP contribution in [0.3, 0.4) is 0 Å². The van der Waals surface area contributed by atoms with Crippen molar-refractivity contribution in [2.45, 2.75) is 51.9 Å². The molecule has 2 heterocycles. The van der Waals surface area contributed by atoms with Crippen LogP contribution in [-0.4, -0.2) is 30.3 Å². The molecule has 0 amide bonds. The van der Waals surface area contributed by atoms with Crippen LogP contribution in [0.4, 0.5) is 0 Å². The zero-order valence-corrected chi connectivity index (χ0v) is 22.9. The van der Waals surface area contributed by atoms with Gasteiger partial charge in [-0.05, 0) is 67.3 Å². The van der Waals surface area contributed by atoms with Crippen LogP contribution in [0.25, 0.3) is 21.6 Å². The molecule has 8 heteroatoms. The molecule has 0 saturated carbocycles. The van der Waals surface area contributed by atoms with Gasteiger partial charge in [-0.3, -0.25) is 4.79 Å². The highest BCUT2D eigenvalue weighted by atomic mass is 35.5. The Morgan fingerprint density at radius 2 is 1.89 bits per heavy atom. The van der Waals surface area contributed by atoms with Gasteiger partial charge in [0.2, 0.25) is 0 Å². The van der Waals surface area contributed by atoms with Crippen LogP contribution < -0.4 is 19.8 Å². The Kier molecular flexibility index (Phi) is 7.72. The number of ether oxygens (including phenoxy) is 3. The molecule has 1 aliphatic carbocycles. The van der Waals surface area contributed by atoms with Crippen molar-refractivity contribution in [3.05, 3.63) is 67.8 Å². The fourth-order valence-electron chi connectivity index (χ4n) is 4.83. The van der Waals surface area contributed by atoms with E-state index >= 15 is 0 Å². The van der Waals surface area contributed by atoms with Crippen molar-refractivity contribution in [3.63, 3.8) is 0 Å². The summed E-state index contributed by atoms with van der Waals surface area (Å²) in [6, 6.07) is 11.6. The summed E-state index contributed by atoms with van der Waals surface area (Å²) in [5.74, 6) is 2.65. The Balaban J connectivity index is 1.34. The third-order valence-corrected chi connectivity index (χ3v) is 8.44. The van der Waals surface area contributed by atoms with Crippen molar-refractivity contribution in [2.75, 3.05) is 20.3 Å². The maximum atomic E-state index is 13.0. The topological polar surface area (TPSA) is 73.4 Å². The molecular weight excluding hydrogens is 508 g/mol. The van der Waals surface area contributed by atoms with E-state index < -0.39 is 0 Å². The minimum absolute atomic E-state index is 0.107. The van der Waals surface area contributed by atoms with Gasteiger partial charge in [-0.25, -0.2) is 4.98 Å². The first-order valence-electron chi connectivity index (χ1n) is 12.8. The average molecular weight is 539 g/mol. The zero-order valence-electron chi connectivity index (χ0n) is 21.4. The van der Waals surface area contributed by atoms with Gasteiger partial charge in [0, 0.05) is 10.4 Å². The molecule has 0 aliphatic heterocycles. The summed E-state index contributed by atoms with van der Waals surface area (Å²) in [6.07, 6.45) is 5.28. The molecule has 2 aromatic heterocycles. The summed E-state index contributed by atoms with van der Waals surface area (Å²) in [6.45, 7) is 5.02. The van der Waals surface area contributed by atoms with E-state index in [1.165, 1.54) is 16.0 Å². The maximum Gasteiger partial charge on any atom is 0.260 e. The second-order valence-electron chi connectivity index (χ2n) is 9.34. The SMILES string of the molecule is CC[C@H](C)c1ccccc1OCCOc1c(Cl)cc(-c2nc3sc4c(c3c(=O)[nH]2)CCCC4)cc1OC. The highest BCUT2D eigenvalue weighted by Gasteiger charge is 2.21. The molecule has 0 unspecified atom stereocenters. The third kappa shape index (κ3) is 5.20. The van der Waals surface area contributed by atoms with Crippen LogP contribution in [0, 0.1) is 0 Å². The Morgan fingerprint density at radius 1 is 1.11 bits per heavy atom. The molecule has 37 heavy (non-hydrogen) atoms. The number of nitrogens with one attached hydrogen (secondary N) is 1. The van der Waals surface area contributed by atoms with Crippen LogP contribution in [-0.2, 0) is 12.8 Å². The lowest BCUT2D eigenvalue weighted by Gasteiger charge is -2.17. The van der Waals surface area contributed by atoms with E-state index in [-0.39, 0.29) is 5.56 Å². The lowest BCUT2D eigenvalue weighted by molar-refractivity contribution is 0.210. The van der Waals surface area contributed by atoms with E-state index in [1.54, 1.807) is 30.6 Å². The lowest BCUT2D eigenvalue weighted by Crippen LogP contribution is -2.12. The number of H-pyrrole nitrogens is 1. The normalized spacial score (nSPS) is 13.8. The Bertz CT molecular complexity index is 1480. The monoisotopic (exact) mass is 538 g/mol. The Hall–Kier alpha value is -3.03. The maximum absolute atomic E-state index is 13.0. The quantitative estimate of drug-likeness (QED) is 0.229. The number of rotatable bonds is 9. The van der Waals surface area contributed by atoms with Crippen LogP contribution in [0.15, 0.2) is 41.2 Å². The smallest absolute Gasteiger partial charge is 0.260 e. The van der Waals surface area contributed by atoms with E-state index in [9.17, 15) is 4.79 Å². The van der Waals surface area contributed by atoms with Crippen LogP contribution in [0.1, 0.15) is 55.0 Å². The van der Waals surface area contributed by atoms with Crippen LogP contribution in [0.2, 0.25) is 5.02 Å². The number of aryl methyl sites for hydroxylation is 2. The number of methoxy groups -OCH3 is 1. The molecule has 0 radical (unpaired) electrons. The highest BCUT2D eigenvalue weighted by Crippen LogP contribution is 2.40. The van der Waals surface area contributed by atoms with Crippen molar-refractivity contribution in [1.29, 1.82) is 0 Å². The standard InChI is InChI=1S/C29H31ClN2O4S/c1-4-17(2)19-9-5-7-11-22(19)35-13-14-36-26-21(30)15-18(16-23(26)34-3)27-31-28(33)25-20-10-6-8-12-24(20)37-29(25)32-27/h5,7,9,11,15-17H,4,6,8,10,12-14H2,1-3H3,(H,31,32,33)/t17-/m0/s1. The lowest BCUT2D eigenvalue weighted by atomic mass is 9.97. The molecule has 0 spiro atoms. The van der Waals surface area contributed by atoms with E-state index in [0.29, 0.717) is 47.0 Å². The molecule has 1 atom stereocenters. The third-order valence-electron chi connectivity index (χ3n) is 6.98. The summed E-state index contributed by atoms with van der Waals surface area (Å²) in [4.78, 5) is 22.8. The predicted octanol–water partition coefficient (Wildman–Crippen LogP) is 7.16. The molecule has 0 fully saturated rings. The van der Waals surface area contributed by atoms with Crippen molar-refractivity contribution < 1.29 is 14.2 Å². The minimum Gasteiger partial charge on any atom is -0.493 e. The average Bonchev–Trinajstić information content (AvgIpc) is 3.30. The molecule has 194 valence electrons. The zero-order chi connectivity index (χ0) is 25.9. The summed E-state index contributed by atoms with van der Waals surface area (Å²) >= 11 is 8.24. The molecule has 2 aromatic carbocycles. The highest BCUT2D eigenvalue weighted by molar-refractivity contribution is 7.18. The van der Waals surface area contributed by atoms with E-state index in [1.807, 2.05) is 18.2 Å². The van der Waals surface area contributed by atoms with Gasteiger partial charge < -0.3 is 19.2 Å². The summed E-state index contributed by atoms with van der Waals surface area (Å²) in [5.41, 5.74) is 2.91. The number of fused-ring (bicyclic) bond motifs is 3. The summed E-state index contributed by atoms with van der Waals surface area (Å²) in [5, 5.41) is 1.11. The first-order chi connectivity index (χ1) is 18.0. The summed E-state index contributed by atoms with van der Waals surface area (Å²) < 4.78 is 17.6. The second-order valence-corrected chi connectivity index (χ2v) is 10.8. The number of hydrogen-bond acceptors (Lipinski definition) is 6.